The number of aryl methyl sites for hydroxylation is 2. The summed E-state index contributed by atoms with van der Waals surface area (Å²) < 4.78 is 5.41. The van der Waals surface area contributed by atoms with Crippen LogP contribution in [-0.4, -0.2) is 31.0 Å². The van der Waals surface area contributed by atoms with Crippen LogP contribution in [0, 0.1) is 6.92 Å². The topological polar surface area (TPSA) is 80.3 Å². The predicted octanol–water partition coefficient (Wildman–Crippen LogP) is 4.04. The van der Waals surface area contributed by atoms with Crippen molar-refractivity contribution in [2.75, 3.05) is 19.5 Å². The zero-order chi connectivity index (χ0) is 21.3. The highest BCUT2D eigenvalue weighted by Gasteiger charge is 2.24. The molecule has 30 heavy (non-hydrogen) atoms. The zero-order valence-corrected chi connectivity index (χ0v) is 17.5. The van der Waals surface area contributed by atoms with Gasteiger partial charge in [0.15, 0.2) is 0 Å². The fourth-order valence-electron chi connectivity index (χ4n) is 4.07. The second kappa shape index (κ2) is 8.14. The van der Waals surface area contributed by atoms with E-state index >= 15 is 0 Å². The van der Waals surface area contributed by atoms with Crippen LogP contribution in [-0.2, 0) is 12.8 Å². The van der Waals surface area contributed by atoms with Crippen LogP contribution in [0.2, 0.25) is 0 Å². The van der Waals surface area contributed by atoms with Gasteiger partial charge in [0, 0.05) is 23.7 Å². The van der Waals surface area contributed by atoms with Crippen molar-refractivity contribution in [3.8, 4) is 5.75 Å². The Morgan fingerprint density at radius 1 is 1.03 bits per heavy atom. The molecule has 4 rings (SSSR count). The summed E-state index contributed by atoms with van der Waals surface area (Å²) in [4.78, 5) is 30.4. The maximum Gasteiger partial charge on any atom is 0.256 e. The molecule has 2 N–H and O–H groups in total. The van der Waals surface area contributed by atoms with Gasteiger partial charge in [-0.2, -0.15) is 0 Å². The quantitative estimate of drug-likeness (QED) is 0.689. The second-order valence-electron chi connectivity index (χ2n) is 7.59. The van der Waals surface area contributed by atoms with E-state index < -0.39 is 0 Å². The molecule has 0 fully saturated rings. The predicted molar refractivity (Wildman–Crippen MR) is 117 cm³/mol. The van der Waals surface area contributed by atoms with Gasteiger partial charge >= 0.3 is 0 Å². The second-order valence-corrected chi connectivity index (χ2v) is 7.59. The molecule has 0 bridgehead atoms. The van der Waals surface area contributed by atoms with Gasteiger partial charge in [-0.15, -0.1) is 0 Å². The van der Waals surface area contributed by atoms with Crippen molar-refractivity contribution in [3.63, 3.8) is 0 Å². The number of fused-ring (bicyclic) bond motifs is 2. The van der Waals surface area contributed by atoms with Crippen LogP contribution < -0.4 is 15.4 Å². The summed E-state index contributed by atoms with van der Waals surface area (Å²) >= 11 is 0. The Morgan fingerprint density at radius 3 is 2.60 bits per heavy atom. The number of pyridine rings is 1. The van der Waals surface area contributed by atoms with E-state index in [1.165, 1.54) is 7.11 Å². The Hall–Kier alpha value is -3.41. The lowest BCUT2D eigenvalue weighted by Gasteiger charge is -2.21. The monoisotopic (exact) mass is 403 g/mol. The number of amides is 2. The lowest BCUT2D eigenvalue weighted by molar-refractivity contribution is 0.0961. The minimum Gasteiger partial charge on any atom is -0.495 e. The normalized spacial score (nSPS) is 12.9. The van der Waals surface area contributed by atoms with E-state index in [9.17, 15) is 9.59 Å². The fourth-order valence-corrected chi connectivity index (χ4v) is 4.07. The summed E-state index contributed by atoms with van der Waals surface area (Å²) in [5.74, 6) is 0.0634. The van der Waals surface area contributed by atoms with E-state index in [0.717, 1.165) is 53.4 Å². The fraction of sp³-hybridized carbons (Fsp3) is 0.292. The Morgan fingerprint density at radius 2 is 1.83 bits per heavy atom. The molecule has 3 aromatic rings. The number of hydrogen-bond acceptors (Lipinski definition) is 4. The van der Waals surface area contributed by atoms with Crippen LogP contribution >= 0.6 is 0 Å². The van der Waals surface area contributed by atoms with E-state index in [2.05, 4.69) is 10.6 Å². The number of methoxy groups -OCH3 is 1. The van der Waals surface area contributed by atoms with Gasteiger partial charge < -0.3 is 15.4 Å². The summed E-state index contributed by atoms with van der Waals surface area (Å²) in [7, 11) is 3.11. The summed E-state index contributed by atoms with van der Waals surface area (Å²) in [5, 5.41) is 6.44. The van der Waals surface area contributed by atoms with Gasteiger partial charge in [-0.05, 0) is 68.5 Å². The number of ether oxygens (including phenoxy) is 1. The lowest BCUT2D eigenvalue weighted by Crippen LogP contribution is -2.21. The molecule has 1 heterocycles. The number of rotatable bonds is 4. The maximum atomic E-state index is 13.5. The van der Waals surface area contributed by atoms with Crippen molar-refractivity contribution in [3.05, 3.63) is 64.3 Å². The zero-order valence-electron chi connectivity index (χ0n) is 17.5. The van der Waals surface area contributed by atoms with Crippen molar-refractivity contribution in [2.24, 2.45) is 0 Å². The summed E-state index contributed by atoms with van der Waals surface area (Å²) in [5.41, 5.74) is 5.53. The van der Waals surface area contributed by atoms with Crippen molar-refractivity contribution < 1.29 is 14.3 Å². The molecule has 0 aliphatic heterocycles. The van der Waals surface area contributed by atoms with E-state index in [0.29, 0.717) is 22.6 Å². The van der Waals surface area contributed by atoms with Gasteiger partial charge in [-0.25, -0.2) is 0 Å². The number of carbonyl (C=O) groups excluding carboxylic acids is 2. The minimum absolute atomic E-state index is 0.210. The van der Waals surface area contributed by atoms with Crippen molar-refractivity contribution in [1.82, 2.24) is 10.3 Å². The summed E-state index contributed by atoms with van der Waals surface area (Å²) in [6.07, 6.45) is 3.85. The van der Waals surface area contributed by atoms with Crippen molar-refractivity contribution in [2.45, 2.75) is 32.6 Å². The van der Waals surface area contributed by atoms with E-state index in [-0.39, 0.29) is 11.8 Å². The number of benzene rings is 2. The van der Waals surface area contributed by atoms with Gasteiger partial charge in [0.1, 0.15) is 5.75 Å². The Labute approximate surface area is 175 Å². The van der Waals surface area contributed by atoms with Crippen LogP contribution in [0.15, 0.2) is 36.4 Å². The third-order valence-electron chi connectivity index (χ3n) is 5.58. The molecule has 0 spiro atoms. The molecule has 2 amide bonds. The molecule has 0 radical (unpaired) electrons. The molecule has 1 aromatic heterocycles. The van der Waals surface area contributed by atoms with E-state index in [4.69, 9.17) is 9.72 Å². The maximum absolute atomic E-state index is 13.5. The van der Waals surface area contributed by atoms with Gasteiger partial charge in [0.25, 0.3) is 11.8 Å². The molecule has 6 heteroatoms. The lowest BCUT2D eigenvalue weighted by atomic mass is 9.89. The van der Waals surface area contributed by atoms with Crippen LogP contribution in [0.4, 0.5) is 5.69 Å². The molecule has 1 aliphatic carbocycles. The van der Waals surface area contributed by atoms with Gasteiger partial charge in [-0.3, -0.25) is 14.6 Å². The standard InChI is InChI=1S/C24H25N3O3/c1-14-8-10-19-17(12-14)22(16-6-4-5-7-18(16)26-19)24(29)27-20-13-15(23(28)25-2)9-11-21(20)30-3/h8-13H,4-7H2,1-3H3,(H,25,28)(H,27,29). The number of carbonyl (C=O) groups is 2. The van der Waals surface area contributed by atoms with E-state index in [1.54, 1.807) is 25.2 Å². The number of anilines is 1. The molecule has 0 atom stereocenters. The Balaban J connectivity index is 1.83. The van der Waals surface area contributed by atoms with Crippen LogP contribution in [0.5, 0.6) is 5.75 Å². The van der Waals surface area contributed by atoms with Gasteiger partial charge in [-0.1, -0.05) is 11.6 Å². The molecule has 0 saturated carbocycles. The largest absolute Gasteiger partial charge is 0.495 e. The molecular weight excluding hydrogens is 378 g/mol. The molecular formula is C24H25N3O3. The van der Waals surface area contributed by atoms with Crippen molar-refractivity contribution in [1.29, 1.82) is 0 Å². The summed E-state index contributed by atoms with van der Waals surface area (Å²) in [6, 6.07) is 11.0. The first kappa shape index (κ1) is 19.9. The Kier molecular flexibility index (Phi) is 5.40. The molecule has 154 valence electrons. The van der Waals surface area contributed by atoms with Crippen LogP contribution in [0.3, 0.4) is 0 Å². The first-order chi connectivity index (χ1) is 14.5. The van der Waals surface area contributed by atoms with Crippen molar-refractivity contribution >= 4 is 28.4 Å². The minimum atomic E-state index is -0.226. The molecule has 6 nitrogen and oxygen atoms in total. The number of nitrogens with zero attached hydrogens (tertiary/aromatic N) is 1. The van der Waals surface area contributed by atoms with Gasteiger partial charge in [0.2, 0.25) is 0 Å². The van der Waals surface area contributed by atoms with Crippen LogP contribution in [0.1, 0.15) is 50.4 Å². The molecule has 0 saturated heterocycles. The van der Waals surface area contributed by atoms with Gasteiger partial charge in [0.05, 0.1) is 23.9 Å². The third kappa shape index (κ3) is 3.61. The number of aromatic nitrogens is 1. The van der Waals surface area contributed by atoms with E-state index in [1.807, 2.05) is 25.1 Å². The smallest absolute Gasteiger partial charge is 0.256 e. The molecule has 2 aromatic carbocycles. The first-order valence-electron chi connectivity index (χ1n) is 10.2. The number of nitrogens with one attached hydrogen (secondary N) is 2. The Bertz CT molecular complexity index is 1150. The highest BCUT2D eigenvalue weighted by Crippen LogP contribution is 2.32. The SMILES string of the molecule is CNC(=O)c1ccc(OC)c(NC(=O)c2c3c(nc4ccc(C)cc24)CCCC3)c1. The highest BCUT2D eigenvalue weighted by atomic mass is 16.5. The molecule has 1 aliphatic rings. The van der Waals surface area contributed by atoms with Crippen LogP contribution in [0.25, 0.3) is 10.9 Å². The average Bonchev–Trinajstić information content (AvgIpc) is 2.76. The highest BCUT2D eigenvalue weighted by molar-refractivity contribution is 6.14. The first-order valence-corrected chi connectivity index (χ1v) is 10.2. The number of hydrogen-bond donors (Lipinski definition) is 2. The molecule has 0 unspecified atom stereocenters. The third-order valence-corrected chi connectivity index (χ3v) is 5.58. The average molecular weight is 403 g/mol. The summed E-state index contributed by atoms with van der Waals surface area (Å²) in [6.45, 7) is 2.01.